The molecule has 0 unspecified atom stereocenters. The number of para-hydroxylation sites is 1. The standard InChI is InChI=1S/C36H24S.C7H6O3/c37-36-34(32-20-8-14-25-11-2-5-17-29(25)32)22-27(31-19-7-13-24-10-1-4-16-28(24)31)23-35(36)33-21-9-15-26-12-3-6-18-30(26)33;8-7(9)10-6-4-2-1-3-5-6/h1-23,37H;1-5H,(H,8,9). The monoisotopic (exact) mass is 626 g/mol. The molecular weight excluding hydrogens is 597 g/mol. The highest BCUT2D eigenvalue weighted by Gasteiger charge is 2.17. The summed E-state index contributed by atoms with van der Waals surface area (Å²) in [6, 6.07) is 58.5. The van der Waals surface area contributed by atoms with Crippen LogP contribution in [0.25, 0.3) is 65.7 Å². The van der Waals surface area contributed by atoms with E-state index >= 15 is 0 Å². The van der Waals surface area contributed by atoms with Gasteiger partial charge in [-0.05, 0) is 90.0 Å². The van der Waals surface area contributed by atoms with Gasteiger partial charge < -0.3 is 9.84 Å². The lowest BCUT2D eigenvalue weighted by Gasteiger charge is -2.18. The summed E-state index contributed by atoms with van der Waals surface area (Å²) in [5.41, 5.74) is 7.12. The predicted octanol–water partition coefficient (Wildman–Crippen LogP) is 12.2. The third kappa shape index (κ3) is 6.19. The highest BCUT2D eigenvalue weighted by molar-refractivity contribution is 7.80. The fraction of sp³-hybridized carbons (Fsp3) is 0. The lowest BCUT2D eigenvalue weighted by molar-refractivity contribution is 0.144. The third-order valence-electron chi connectivity index (χ3n) is 8.32. The van der Waals surface area contributed by atoms with E-state index in [0.717, 1.165) is 16.0 Å². The molecule has 0 fully saturated rings. The maximum atomic E-state index is 9.95. The molecule has 0 spiro atoms. The summed E-state index contributed by atoms with van der Waals surface area (Å²) in [5, 5.41) is 15.6. The van der Waals surface area contributed by atoms with E-state index in [0.29, 0.717) is 5.75 Å². The van der Waals surface area contributed by atoms with E-state index in [2.05, 4.69) is 144 Å². The molecule has 0 amide bonds. The van der Waals surface area contributed by atoms with Gasteiger partial charge in [-0.2, -0.15) is 0 Å². The summed E-state index contributed by atoms with van der Waals surface area (Å²) < 4.78 is 4.33. The third-order valence-corrected chi connectivity index (χ3v) is 8.80. The fourth-order valence-electron chi connectivity index (χ4n) is 6.19. The van der Waals surface area contributed by atoms with Gasteiger partial charge in [0.2, 0.25) is 0 Å². The van der Waals surface area contributed by atoms with Gasteiger partial charge in [0.1, 0.15) is 5.75 Å². The van der Waals surface area contributed by atoms with Crippen LogP contribution < -0.4 is 4.74 Å². The highest BCUT2D eigenvalue weighted by Crippen LogP contribution is 2.44. The van der Waals surface area contributed by atoms with Crippen LogP contribution in [0.2, 0.25) is 0 Å². The van der Waals surface area contributed by atoms with Gasteiger partial charge in [0.25, 0.3) is 0 Å². The lowest BCUT2D eigenvalue weighted by Crippen LogP contribution is -2.02. The van der Waals surface area contributed by atoms with Crippen molar-refractivity contribution in [2.75, 3.05) is 0 Å². The van der Waals surface area contributed by atoms with Gasteiger partial charge in [0.15, 0.2) is 0 Å². The molecule has 0 bridgehead atoms. The van der Waals surface area contributed by atoms with E-state index in [1.165, 1.54) is 54.6 Å². The van der Waals surface area contributed by atoms with Crippen molar-refractivity contribution in [3.63, 3.8) is 0 Å². The Morgan fingerprint density at radius 2 is 0.830 bits per heavy atom. The molecule has 0 atom stereocenters. The minimum atomic E-state index is -1.29. The van der Waals surface area contributed by atoms with E-state index < -0.39 is 6.16 Å². The Labute approximate surface area is 278 Å². The zero-order valence-corrected chi connectivity index (χ0v) is 26.3. The normalized spacial score (nSPS) is 10.8. The number of rotatable bonds is 4. The van der Waals surface area contributed by atoms with Crippen LogP contribution in [0.3, 0.4) is 0 Å². The summed E-state index contributed by atoms with van der Waals surface area (Å²) >= 11 is 5.22. The molecule has 0 heterocycles. The summed E-state index contributed by atoms with van der Waals surface area (Å²) in [4.78, 5) is 10.9. The first-order valence-electron chi connectivity index (χ1n) is 15.3. The quantitative estimate of drug-likeness (QED) is 0.116. The number of carbonyl (C=O) groups is 1. The average Bonchev–Trinajstić information content (AvgIpc) is 3.12. The zero-order valence-electron chi connectivity index (χ0n) is 25.4. The second-order valence-corrected chi connectivity index (χ2v) is 11.6. The minimum absolute atomic E-state index is 0.343. The Hall–Kier alpha value is -5.84. The number of thiol groups is 1. The second-order valence-electron chi connectivity index (χ2n) is 11.2. The maximum Gasteiger partial charge on any atom is 0.511 e. The Kier molecular flexibility index (Phi) is 8.42. The van der Waals surface area contributed by atoms with Crippen molar-refractivity contribution < 1.29 is 14.6 Å². The molecule has 47 heavy (non-hydrogen) atoms. The lowest BCUT2D eigenvalue weighted by atomic mass is 9.88. The molecule has 8 aromatic carbocycles. The highest BCUT2D eigenvalue weighted by atomic mass is 32.1. The fourth-order valence-corrected chi connectivity index (χ4v) is 6.56. The van der Waals surface area contributed by atoms with Gasteiger partial charge >= 0.3 is 6.16 Å². The molecule has 0 aliphatic carbocycles. The van der Waals surface area contributed by atoms with E-state index in [1.807, 2.05) is 0 Å². The zero-order chi connectivity index (χ0) is 32.2. The number of hydrogen-bond acceptors (Lipinski definition) is 3. The molecule has 8 rings (SSSR count). The molecule has 0 saturated carbocycles. The van der Waals surface area contributed by atoms with Crippen molar-refractivity contribution in [3.05, 3.63) is 170 Å². The molecule has 1 N–H and O–H groups in total. The van der Waals surface area contributed by atoms with E-state index in [4.69, 9.17) is 17.7 Å². The molecule has 0 aliphatic heterocycles. The first-order valence-corrected chi connectivity index (χ1v) is 15.8. The summed E-state index contributed by atoms with van der Waals surface area (Å²) in [7, 11) is 0. The van der Waals surface area contributed by atoms with Crippen LogP contribution in [-0.2, 0) is 0 Å². The Balaban J connectivity index is 0.000000303. The van der Waals surface area contributed by atoms with Crippen LogP contribution in [0.4, 0.5) is 4.79 Å². The van der Waals surface area contributed by atoms with Crippen LogP contribution in [0.1, 0.15) is 0 Å². The molecule has 226 valence electrons. The molecule has 0 saturated heterocycles. The smallest absolute Gasteiger partial charge is 0.449 e. The molecule has 8 aromatic rings. The van der Waals surface area contributed by atoms with Crippen LogP contribution in [-0.4, -0.2) is 11.3 Å². The van der Waals surface area contributed by atoms with Crippen molar-refractivity contribution in [3.8, 4) is 39.1 Å². The van der Waals surface area contributed by atoms with Crippen LogP contribution in [0.5, 0.6) is 5.75 Å². The van der Waals surface area contributed by atoms with Crippen LogP contribution >= 0.6 is 12.6 Å². The largest absolute Gasteiger partial charge is 0.511 e. The Morgan fingerprint density at radius 1 is 0.447 bits per heavy atom. The van der Waals surface area contributed by atoms with Crippen molar-refractivity contribution in [1.82, 2.24) is 0 Å². The van der Waals surface area contributed by atoms with Crippen LogP contribution in [0.15, 0.2) is 175 Å². The van der Waals surface area contributed by atoms with Gasteiger partial charge in [-0.1, -0.05) is 146 Å². The molecule has 3 nitrogen and oxygen atoms in total. The van der Waals surface area contributed by atoms with E-state index in [9.17, 15) is 4.79 Å². The van der Waals surface area contributed by atoms with Crippen molar-refractivity contribution in [2.24, 2.45) is 0 Å². The van der Waals surface area contributed by atoms with Crippen molar-refractivity contribution in [1.29, 1.82) is 0 Å². The molecule has 0 aliphatic rings. The molecular formula is C43H30O3S. The summed E-state index contributed by atoms with van der Waals surface area (Å²) in [6.07, 6.45) is -1.29. The van der Waals surface area contributed by atoms with Gasteiger partial charge in [-0.15, -0.1) is 12.6 Å². The number of carboxylic acid groups (broad SMARTS) is 1. The first kappa shape index (κ1) is 29.8. The Morgan fingerprint density at radius 3 is 1.30 bits per heavy atom. The number of hydrogen-bond donors (Lipinski definition) is 2. The summed E-state index contributed by atoms with van der Waals surface area (Å²) in [5.74, 6) is 0.343. The molecule has 4 heteroatoms. The van der Waals surface area contributed by atoms with E-state index in [1.54, 1.807) is 30.3 Å². The number of benzene rings is 8. The van der Waals surface area contributed by atoms with Gasteiger partial charge in [-0.25, -0.2) is 4.79 Å². The SMILES string of the molecule is O=C(O)Oc1ccccc1.Sc1c(-c2cccc3ccccc23)cc(-c2cccc3ccccc23)cc1-c1cccc2ccccc12. The topological polar surface area (TPSA) is 46.5 Å². The van der Waals surface area contributed by atoms with Gasteiger partial charge in [0, 0.05) is 4.90 Å². The minimum Gasteiger partial charge on any atom is -0.449 e. The predicted molar refractivity (Wildman–Crippen MR) is 198 cm³/mol. The Bertz CT molecular complexity index is 2260. The van der Waals surface area contributed by atoms with Crippen molar-refractivity contribution >= 4 is 51.1 Å². The first-order chi connectivity index (χ1) is 23.1. The average molecular weight is 627 g/mol. The van der Waals surface area contributed by atoms with Crippen LogP contribution in [0, 0.1) is 0 Å². The van der Waals surface area contributed by atoms with Gasteiger partial charge in [-0.3, -0.25) is 0 Å². The maximum absolute atomic E-state index is 9.95. The summed E-state index contributed by atoms with van der Waals surface area (Å²) in [6.45, 7) is 0. The second kappa shape index (κ2) is 13.3. The van der Waals surface area contributed by atoms with Gasteiger partial charge in [0.05, 0.1) is 0 Å². The molecule has 0 aromatic heterocycles. The number of fused-ring (bicyclic) bond motifs is 3. The van der Waals surface area contributed by atoms with E-state index in [-0.39, 0.29) is 0 Å². The van der Waals surface area contributed by atoms with Crippen molar-refractivity contribution in [2.45, 2.75) is 4.90 Å². The number of ether oxygens (including phenoxy) is 1. The molecule has 0 radical (unpaired) electrons.